The monoisotopic (exact) mass is 339 g/mol. The number of nitrogens with one attached hydrogen (secondary N) is 1. The fourth-order valence-corrected chi connectivity index (χ4v) is 1.85. The molecular weight excluding hydrogens is 321 g/mol. The van der Waals surface area contributed by atoms with Crippen molar-refractivity contribution in [1.29, 1.82) is 5.39 Å². The van der Waals surface area contributed by atoms with Crippen molar-refractivity contribution >= 4 is 12.9 Å². The van der Waals surface area contributed by atoms with Gasteiger partial charge in [0.05, 0.1) is 38.5 Å². The fraction of sp³-hybridized carbons (Fsp3) is 0.500. The maximum atomic E-state index is 9.75. The Balaban J connectivity index is 0.000000594. The molecular formula is C12H18BF4N3O3. The number of hydrogen-bond donors (Lipinski definition) is 1. The lowest BCUT2D eigenvalue weighted by atomic mass is 10.2. The van der Waals surface area contributed by atoms with Crippen LogP contribution in [-0.4, -0.2) is 47.8 Å². The quantitative estimate of drug-likeness (QED) is 0.507. The van der Waals surface area contributed by atoms with Gasteiger partial charge in [0.25, 0.3) is 0 Å². The molecule has 1 saturated heterocycles. The first-order valence-electron chi connectivity index (χ1n) is 6.49. The van der Waals surface area contributed by atoms with E-state index < -0.39 is 7.25 Å². The van der Waals surface area contributed by atoms with Crippen molar-refractivity contribution in [3.63, 3.8) is 0 Å². The smallest absolute Gasteiger partial charge is 0.497 e. The fourth-order valence-electron chi connectivity index (χ4n) is 1.85. The summed E-state index contributed by atoms with van der Waals surface area (Å²) in [6.45, 7) is 3.31. The Morgan fingerprint density at radius 2 is 1.61 bits per heavy atom. The summed E-state index contributed by atoms with van der Waals surface area (Å²) in [7, 11) is -2.64. The van der Waals surface area contributed by atoms with Gasteiger partial charge in [-0.25, -0.2) is 0 Å². The minimum atomic E-state index is -6.00. The van der Waals surface area contributed by atoms with Gasteiger partial charge in [-0.15, -0.1) is 0 Å². The number of ether oxygens (including phenoxy) is 3. The molecule has 1 aliphatic heterocycles. The Morgan fingerprint density at radius 3 is 2.04 bits per heavy atom. The second-order valence-corrected chi connectivity index (χ2v) is 4.13. The highest BCUT2D eigenvalue weighted by atomic mass is 19.5. The van der Waals surface area contributed by atoms with E-state index in [2.05, 4.69) is 4.90 Å². The van der Waals surface area contributed by atoms with Crippen LogP contribution in [0.3, 0.4) is 0 Å². The molecule has 0 radical (unpaired) electrons. The van der Waals surface area contributed by atoms with Gasteiger partial charge < -0.3 is 36.4 Å². The van der Waals surface area contributed by atoms with Gasteiger partial charge in [0.2, 0.25) is 5.39 Å². The molecule has 1 N–H and O–H groups in total. The zero-order valence-electron chi connectivity index (χ0n) is 12.8. The molecule has 1 aromatic rings. The molecule has 1 heterocycles. The molecule has 0 saturated carbocycles. The maximum absolute atomic E-state index is 9.75. The van der Waals surface area contributed by atoms with E-state index in [-0.39, 0.29) is 0 Å². The number of rotatable bonds is 3. The normalized spacial score (nSPS) is 13.8. The molecule has 0 spiro atoms. The van der Waals surface area contributed by atoms with Crippen LogP contribution in [0.25, 0.3) is 0 Å². The predicted octanol–water partition coefficient (Wildman–Crippen LogP) is 1.12. The predicted molar refractivity (Wildman–Crippen MR) is 75.5 cm³/mol. The van der Waals surface area contributed by atoms with Gasteiger partial charge in [-0.3, -0.25) is 0 Å². The molecule has 1 fully saturated rings. The van der Waals surface area contributed by atoms with Crippen LogP contribution < -0.4 is 19.8 Å². The van der Waals surface area contributed by atoms with E-state index in [0.717, 1.165) is 43.5 Å². The van der Waals surface area contributed by atoms with Crippen LogP contribution in [0, 0.1) is 5.39 Å². The average molecular weight is 339 g/mol. The molecule has 0 bridgehead atoms. The van der Waals surface area contributed by atoms with Crippen molar-refractivity contribution in [3.05, 3.63) is 18.2 Å². The van der Waals surface area contributed by atoms with Crippen molar-refractivity contribution < 1.29 is 36.9 Å². The molecule has 0 aromatic heterocycles. The van der Waals surface area contributed by atoms with Gasteiger partial charge in [-0.05, 0) is 12.1 Å². The second kappa shape index (κ2) is 10.5. The highest BCUT2D eigenvalue weighted by Gasteiger charge is 2.20. The Bertz CT molecular complexity index is 476. The van der Waals surface area contributed by atoms with Crippen LogP contribution in [0.2, 0.25) is 0 Å². The van der Waals surface area contributed by atoms with Crippen molar-refractivity contribution in [2.45, 2.75) is 0 Å². The van der Waals surface area contributed by atoms with Crippen molar-refractivity contribution in [3.8, 4) is 11.5 Å². The Morgan fingerprint density at radius 1 is 1.09 bits per heavy atom. The first kappa shape index (κ1) is 20.8. The van der Waals surface area contributed by atoms with Crippen LogP contribution in [0.15, 0.2) is 18.2 Å². The standard InChI is InChI=1S/C12H17NO3.BF4.N2/c1-14-10-3-4-12(15-2)11(9-10)13-5-7-16-8-6-13;2-1(3,4)5;1-2/h3-4,9H,5-8H2,1-2H3;;/q;-1;/p+1. The minimum absolute atomic E-state index is 0.764. The summed E-state index contributed by atoms with van der Waals surface area (Å²) in [5.41, 5.74) is 1.07. The summed E-state index contributed by atoms with van der Waals surface area (Å²) < 4.78 is 54.9. The van der Waals surface area contributed by atoms with Crippen LogP contribution in [0.5, 0.6) is 11.5 Å². The van der Waals surface area contributed by atoms with Crippen LogP contribution in [0.4, 0.5) is 23.0 Å². The zero-order chi connectivity index (χ0) is 17.9. The molecule has 2 rings (SSSR count). The lowest BCUT2D eigenvalue weighted by Gasteiger charge is -2.30. The lowest BCUT2D eigenvalue weighted by Crippen LogP contribution is -2.36. The molecule has 11 heteroatoms. The number of methoxy groups -OCH3 is 2. The van der Waals surface area contributed by atoms with Gasteiger partial charge in [0.1, 0.15) is 11.5 Å². The Kier molecular flexibility index (Phi) is 9.49. The molecule has 0 amide bonds. The summed E-state index contributed by atoms with van der Waals surface area (Å²) in [6.07, 6.45) is 0. The molecule has 130 valence electrons. The SMILES string of the molecule is COc1ccc(OC)c(N2CCOCC2)c1.F[B-](F)(F)F.N#[NH+]. The van der Waals surface area contributed by atoms with Crippen LogP contribution in [0.1, 0.15) is 0 Å². The third-order valence-corrected chi connectivity index (χ3v) is 2.74. The van der Waals surface area contributed by atoms with Crippen molar-refractivity contribution in [2.75, 3.05) is 45.4 Å². The maximum Gasteiger partial charge on any atom is 0.673 e. The molecule has 6 nitrogen and oxygen atoms in total. The number of benzene rings is 1. The molecule has 0 atom stereocenters. The number of halogens is 4. The molecule has 0 aliphatic carbocycles. The zero-order valence-corrected chi connectivity index (χ0v) is 12.8. The average Bonchev–Trinajstić information content (AvgIpc) is 2.55. The summed E-state index contributed by atoms with van der Waals surface area (Å²) in [5, 5.41) is 11.0. The number of hydrogen-bond acceptors (Lipinski definition) is 5. The van der Waals surface area contributed by atoms with E-state index in [0.29, 0.717) is 0 Å². The summed E-state index contributed by atoms with van der Waals surface area (Å²) in [4.78, 5) is 2.25. The van der Waals surface area contributed by atoms with Gasteiger partial charge in [-0.2, -0.15) is 0 Å². The molecule has 1 aromatic carbocycles. The second-order valence-electron chi connectivity index (χ2n) is 4.13. The van der Waals surface area contributed by atoms with Gasteiger partial charge >= 0.3 is 7.25 Å². The van der Waals surface area contributed by atoms with Crippen molar-refractivity contribution in [1.82, 2.24) is 0 Å². The third kappa shape index (κ3) is 8.72. The summed E-state index contributed by atoms with van der Waals surface area (Å²) in [6, 6.07) is 5.84. The van der Waals surface area contributed by atoms with E-state index in [1.807, 2.05) is 18.2 Å². The van der Waals surface area contributed by atoms with Gasteiger partial charge in [0, 0.05) is 19.2 Å². The van der Waals surface area contributed by atoms with Crippen LogP contribution >= 0.6 is 0 Å². The van der Waals surface area contributed by atoms with E-state index in [1.165, 1.54) is 0 Å². The Hall–Kier alpha value is -2.22. The summed E-state index contributed by atoms with van der Waals surface area (Å²) >= 11 is 0. The van der Waals surface area contributed by atoms with E-state index in [4.69, 9.17) is 25.0 Å². The van der Waals surface area contributed by atoms with Crippen LogP contribution in [-0.2, 0) is 4.74 Å². The number of morpholine rings is 1. The lowest BCUT2D eigenvalue weighted by molar-refractivity contribution is -0.175. The molecule has 23 heavy (non-hydrogen) atoms. The minimum Gasteiger partial charge on any atom is -0.497 e. The third-order valence-electron chi connectivity index (χ3n) is 2.74. The number of anilines is 1. The molecule has 0 unspecified atom stereocenters. The first-order valence-corrected chi connectivity index (χ1v) is 6.49. The highest BCUT2D eigenvalue weighted by molar-refractivity contribution is 6.50. The van der Waals surface area contributed by atoms with E-state index in [1.54, 1.807) is 14.2 Å². The number of nitrogens with zero attached hydrogens (tertiary/aromatic N) is 2. The van der Waals surface area contributed by atoms with Gasteiger partial charge in [-0.1, -0.05) is 0 Å². The van der Waals surface area contributed by atoms with Gasteiger partial charge in [0.15, 0.2) is 0 Å². The Labute approximate surface area is 131 Å². The van der Waals surface area contributed by atoms with E-state index in [9.17, 15) is 17.3 Å². The topological polar surface area (TPSA) is 78.5 Å². The first-order chi connectivity index (χ1) is 10.8. The summed E-state index contributed by atoms with van der Waals surface area (Å²) in [5.74, 6) is 1.73. The van der Waals surface area contributed by atoms with E-state index >= 15 is 0 Å². The number of diazo groups is 1. The molecule has 1 aliphatic rings. The largest absolute Gasteiger partial charge is 0.673 e. The van der Waals surface area contributed by atoms with Crippen molar-refractivity contribution in [2.24, 2.45) is 0 Å². The highest BCUT2D eigenvalue weighted by Crippen LogP contribution is 2.32.